The average Bonchev–Trinajstić information content (AvgIpc) is 2.32. The highest BCUT2D eigenvalue weighted by atomic mass is 79.9. The van der Waals surface area contributed by atoms with Crippen LogP contribution in [0.25, 0.3) is 0 Å². The summed E-state index contributed by atoms with van der Waals surface area (Å²) in [6.07, 6.45) is 0. The molecule has 0 aliphatic carbocycles. The molecule has 0 aliphatic rings. The average molecular weight is 309 g/mol. The molecule has 0 spiro atoms. The van der Waals surface area contributed by atoms with E-state index in [2.05, 4.69) is 31.3 Å². The van der Waals surface area contributed by atoms with Crippen molar-refractivity contribution in [3.8, 4) is 11.6 Å². The van der Waals surface area contributed by atoms with Gasteiger partial charge < -0.3 is 10.2 Å². The highest BCUT2D eigenvalue weighted by Gasteiger charge is 2.06. The Morgan fingerprint density at radius 2 is 2.00 bits per heavy atom. The standard InChI is InChI=1S/C12H13BrN4O/c1-7-5-9(13)3-4-10(7)18-12-6-11(17-14)15-8(2)16-12/h3-6H,14H2,1-2H3,(H,15,16,17). The first-order valence-electron chi connectivity index (χ1n) is 5.35. The number of nitrogens with zero attached hydrogens (tertiary/aromatic N) is 2. The Morgan fingerprint density at radius 1 is 1.22 bits per heavy atom. The summed E-state index contributed by atoms with van der Waals surface area (Å²) in [5, 5.41) is 0. The number of nitrogen functional groups attached to an aromatic ring is 1. The molecule has 94 valence electrons. The molecule has 0 saturated carbocycles. The Morgan fingerprint density at radius 3 is 2.67 bits per heavy atom. The van der Waals surface area contributed by atoms with Crippen LogP contribution in [0.3, 0.4) is 0 Å². The van der Waals surface area contributed by atoms with E-state index in [-0.39, 0.29) is 0 Å². The van der Waals surface area contributed by atoms with Crippen molar-refractivity contribution in [2.24, 2.45) is 5.84 Å². The van der Waals surface area contributed by atoms with Gasteiger partial charge in [-0.1, -0.05) is 15.9 Å². The van der Waals surface area contributed by atoms with E-state index in [0.29, 0.717) is 17.5 Å². The number of halogens is 1. The lowest BCUT2D eigenvalue weighted by Gasteiger charge is -2.09. The first-order chi connectivity index (χ1) is 8.58. The number of hydrazine groups is 1. The molecule has 0 atom stereocenters. The third kappa shape index (κ3) is 2.96. The topological polar surface area (TPSA) is 73.1 Å². The van der Waals surface area contributed by atoms with Crippen LogP contribution in [0.1, 0.15) is 11.4 Å². The van der Waals surface area contributed by atoms with Crippen LogP contribution in [-0.4, -0.2) is 9.97 Å². The zero-order valence-corrected chi connectivity index (χ0v) is 11.7. The Kier molecular flexibility index (Phi) is 3.78. The van der Waals surface area contributed by atoms with E-state index in [1.165, 1.54) is 0 Å². The third-order valence-corrected chi connectivity index (χ3v) is 2.81. The first kappa shape index (κ1) is 12.8. The monoisotopic (exact) mass is 308 g/mol. The van der Waals surface area contributed by atoms with Gasteiger partial charge in [-0.2, -0.15) is 4.98 Å². The summed E-state index contributed by atoms with van der Waals surface area (Å²) in [6, 6.07) is 7.42. The second-order valence-electron chi connectivity index (χ2n) is 3.79. The molecule has 0 aliphatic heterocycles. The molecule has 0 unspecified atom stereocenters. The number of nitrogens with one attached hydrogen (secondary N) is 1. The molecule has 18 heavy (non-hydrogen) atoms. The van der Waals surface area contributed by atoms with Gasteiger partial charge in [0.2, 0.25) is 5.88 Å². The Balaban J connectivity index is 2.30. The van der Waals surface area contributed by atoms with Crippen LogP contribution in [0.2, 0.25) is 0 Å². The number of anilines is 1. The van der Waals surface area contributed by atoms with E-state index < -0.39 is 0 Å². The summed E-state index contributed by atoms with van der Waals surface area (Å²) in [4.78, 5) is 8.30. The molecule has 3 N–H and O–H groups in total. The van der Waals surface area contributed by atoms with Gasteiger partial charge in [-0.3, -0.25) is 0 Å². The zero-order chi connectivity index (χ0) is 13.1. The molecule has 0 fully saturated rings. The number of aromatic nitrogens is 2. The van der Waals surface area contributed by atoms with Crippen molar-refractivity contribution in [1.29, 1.82) is 0 Å². The predicted molar refractivity (Wildman–Crippen MR) is 73.5 cm³/mol. The minimum atomic E-state index is 0.459. The Bertz CT molecular complexity index is 574. The van der Waals surface area contributed by atoms with Crippen LogP contribution < -0.4 is 16.0 Å². The van der Waals surface area contributed by atoms with Crippen molar-refractivity contribution < 1.29 is 4.74 Å². The summed E-state index contributed by atoms with van der Waals surface area (Å²) in [7, 11) is 0. The fourth-order valence-corrected chi connectivity index (χ4v) is 1.98. The zero-order valence-electron chi connectivity index (χ0n) is 10.1. The van der Waals surface area contributed by atoms with E-state index in [9.17, 15) is 0 Å². The molecule has 2 rings (SSSR count). The molecule has 6 heteroatoms. The maximum Gasteiger partial charge on any atom is 0.224 e. The van der Waals surface area contributed by atoms with Crippen molar-refractivity contribution in [2.45, 2.75) is 13.8 Å². The maximum absolute atomic E-state index is 5.72. The molecule has 0 amide bonds. The molecular formula is C12H13BrN4O. The second kappa shape index (κ2) is 5.32. The first-order valence-corrected chi connectivity index (χ1v) is 6.14. The lowest BCUT2D eigenvalue weighted by molar-refractivity contribution is 0.456. The largest absolute Gasteiger partial charge is 0.439 e. The molecule has 1 heterocycles. The number of nitrogens with two attached hydrogens (primary N) is 1. The normalized spacial score (nSPS) is 10.2. The van der Waals surface area contributed by atoms with Gasteiger partial charge in [0.15, 0.2) is 0 Å². The number of aryl methyl sites for hydroxylation is 2. The molecule has 1 aromatic heterocycles. The summed E-state index contributed by atoms with van der Waals surface area (Å²) >= 11 is 3.41. The highest BCUT2D eigenvalue weighted by molar-refractivity contribution is 9.10. The quantitative estimate of drug-likeness (QED) is 0.673. The van der Waals surface area contributed by atoms with Crippen LogP contribution >= 0.6 is 15.9 Å². The van der Waals surface area contributed by atoms with E-state index in [1.807, 2.05) is 25.1 Å². The van der Waals surface area contributed by atoms with Crippen molar-refractivity contribution in [2.75, 3.05) is 5.43 Å². The SMILES string of the molecule is Cc1nc(NN)cc(Oc2ccc(Br)cc2C)n1. The minimum Gasteiger partial charge on any atom is -0.439 e. The van der Waals surface area contributed by atoms with E-state index >= 15 is 0 Å². The van der Waals surface area contributed by atoms with Gasteiger partial charge in [0.1, 0.15) is 17.4 Å². The Hall–Kier alpha value is -1.66. The minimum absolute atomic E-state index is 0.459. The molecular weight excluding hydrogens is 296 g/mol. The molecule has 0 bridgehead atoms. The van der Waals surface area contributed by atoms with E-state index in [1.54, 1.807) is 13.0 Å². The number of ether oxygens (including phenoxy) is 1. The van der Waals surface area contributed by atoms with Crippen LogP contribution in [-0.2, 0) is 0 Å². The summed E-state index contributed by atoms with van der Waals surface area (Å²) in [5.74, 6) is 7.65. The molecule has 0 radical (unpaired) electrons. The maximum atomic E-state index is 5.72. The summed E-state index contributed by atoms with van der Waals surface area (Å²) in [5.41, 5.74) is 3.50. The van der Waals surface area contributed by atoms with Gasteiger partial charge in [0, 0.05) is 10.5 Å². The van der Waals surface area contributed by atoms with Crippen molar-refractivity contribution in [3.05, 3.63) is 40.1 Å². The fraction of sp³-hybridized carbons (Fsp3) is 0.167. The van der Waals surface area contributed by atoms with Gasteiger partial charge in [0.05, 0.1) is 0 Å². The van der Waals surface area contributed by atoms with Crippen molar-refractivity contribution >= 4 is 21.7 Å². The van der Waals surface area contributed by atoms with Crippen LogP contribution in [0.15, 0.2) is 28.7 Å². The third-order valence-electron chi connectivity index (χ3n) is 2.31. The number of rotatable bonds is 3. The second-order valence-corrected chi connectivity index (χ2v) is 4.71. The summed E-state index contributed by atoms with van der Waals surface area (Å²) in [6.45, 7) is 3.75. The smallest absolute Gasteiger partial charge is 0.224 e. The lowest BCUT2D eigenvalue weighted by Crippen LogP contribution is -2.09. The summed E-state index contributed by atoms with van der Waals surface area (Å²) < 4.78 is 6.73. The van der Waals surface area contributed by atoms with Gasteiger partial charge in [-0.15, -0.1) is 0 Å². The molecule has 5 nitrogen and oxygen atoms in total. The molecule has 2 aromatic rings. The lowest BCUT2D eigenvalue weighted by atomic mass is 10.2. The fourth-order valence-electron chi connectivity index (χ4n) is 1.51. The van der Waals surface area contributed by atoms with Gasteiger partial charge in [-0.05, 0) is 37.6 Å². The van der Waals surface area contributed by atoms with Gasteiger partial charge >= 0.3 is 0 Å². The molecule has 0 saturated heterocycles. The van der Waals surface area contributed by atoms with Gasteiger partial charge in [-0.25, -0.2) is 10.8 Å². The van der Waals surface area contributed by atoms with E-state index in [0.717, 1.165) is 15.8 Å². The van der Waals surface area contributed by atoms with Crippen molar-refractivity contribution in [3.63, 3.8) is 0 Å². The van der Waals surface area contributed by atoms with Gasteiger partial charge in [0.25, 0.3) is 0 Å². The number of hydrogen-bond acceptors (Lipinski definition) is 5. The van der Waals surface area contributed by atoms with Crippen LogP contribution in [0.4, 0.5) is 5.82 Å². The van der Waals surface area contributed by atoms with Crippen molar-refractivity contribution in [1.82, 2.24) is 9.97 Å². The number of hydrogen-bond donors (Lipinski definition) is 2. The van der Waals surface area contributed by atoms with Crippen LogP contribution in [0.5, 0.6) is 11.6 Å². The van der Waals surface area contributed by atoms with E-state index in [4.69, 9.17) is 10.6 Å². The Labute approximate surface area is 113 Å². The molecule has 1 aromatic carbocycles. The van der Waals surface area contributed by atoms with Crippen LogP contribution in [0, 0.1) is 13.8 Å². The predicted octanol–water partition coefficient (Wildman–Crippen LogP) is 2.93. The number of benzene rings is 1. The highest BCUT2D eigenvalue weighted by Crippen LogP contribution is 2.27.